The van der Waals surface area contributed by atoms with Crippen LogP contribution in [-0.2, 0) is 6.42 Å². The molecule has 124 valence electrons. The number of hydrogen-bond donors (Lipinski definition) is 1. The molecule has 0 aliphatic carbocycles. The molecule has 1 heterocycles. The topological polar surface area (TPSA) is 55.1 Å². The van der Waals surface area contributed by atoms with Crippen LogP contribution in [0.25, 0.3) is 11.1 Å². The fraction of sp³-hybridized carbons (Fsp3) is 0.176. The lowest BCUT2D eigenvalue weighted by atomic mass is 10.1. The number of oxazole rings is 1. The number of hydrogen-bond acceptors (Lipinski definition) is 3. The lowest BCUT2D eigenvalue weighted by Crippen LogP contribution is -2.27. The van der Waals surface area contributed by atoms with Gasteiger partial charge in [-0.05, 0) is 36.2 Å². The zero-order chi connectivity index (χ0) is 17.3. The van der Waals surface area contributed by atoms with Crippen LogP contribution in [0.2, 0.25) is 0 Å². The van der Waals surface area contributed by atoms with Crippen LogP contribution in [0, 0.1) is 24.4 Å². The van der Waals surface area contributed by atoms with Gasteiger partial charge in [0, 0.05) is 13.5 Å². The Labute approximate surface area is 135 Å². The van der Waals surface area contributed by atoms with Gasteiger partial charge in [-0.2, -0.15) is 0 Å². The Balaban J connectivity index is 1.65. The largest absolute Gasteiger partial charge is 0.441 e. The minimum atomic E-state index is -1.66. The lowest BCUT2D eigenvalue weighted by Gasteiger charge is -2.07. The summed E-state index contributed by atoms with van der Waals surface area (Å²) in [5.74, 6) is -4.73. The maximum atomic E-state index is 13.5. The summed E-state index contributed by atoms with van der Waals surface area (Å²) in [5.41, 5.74) is 1.74. The summed E-state index contributed by atoms with van der Waals surface area (Å²) >= 11 is 0. The highest BCUT2D eigenvalue weighted by molar-refractivity contribution is 5.94. The second-order valence-electron chi connectivity index (χ2n) is 5.26. The minimum absolute atomic E-state index is 0.204. The van der Waals surface area contributed by atoms with Crippen molar-refractivity contribution in [2.45, 2.75) is 13.3 Å². The van der Waals surface area contributed by atoms with E-state index in [0.29, 0.717) is 24.0 Å². The molecule has 0 saturated carbocycles. The molecule has 7 heteroatoms. The summed E-state index contributed by atoms with van der Waals surface area (Å²) in [5, 5.41) is 2.47. The first-order chi connectivity index (χ1) is 11.5. The maximum absolute atomic E-state index is 13.5. The highest BCUT2D eigenvalue weighted by Crippen LogP contribution is 2.17. The summed E-state index contributed by atoms with van der Waals surface area (Å²) in [6, 6.07) is 7.08. The molecule has 0 radical (unpaired) electrons. The molecule has 0 aliphatic heterocycles. The van der Waals surface area contributed by atoms with Gasteiger partial charge in [-0.15, -0.1) is 0 Å². The normalized spacial score (nSPS) is 11.0. The van der Waals surface area contributed by atoms with Crippen LogP contribution in [0.15, 0.2) is 34.7 Å². The number of benzene rings is 2. The molecule has 0 unspecified atom stereocenters. The average Bonchev–Trinajstić information content (AvgIpc) is 2.92. The molecule has 4 nitrogen and oxygen atoms in total. The van der Waals surface area contributed by atoms with Gasteiger partial charge in [0.2, 0.25) is 0 Å². The van der Waals surface area contributed by atoms with Crippen molar-refractivity contribution in [1.29, 1.82) is 0 Å². The number of halogens is 3. The Bertz CT molecular complexity index is 922. The van der Waals surface area contributed by atoms with Crippen molar-refractivity contribution in [3.8, 4) is 0 Å². The summed E-state index contributed by atoms with van der Waals surface area (Å²) in [6.45, 7) is 1.95. The summed E-state index contributed by atoms with van der Waals surface area (Å²) in [7, 11) is 0. The zero-order valence-corrected chi connectivity index (χ0v) is 12.7. The van der Waals surface area contributed by atoms with Crippen molar-refractivity contribution in [2.24, 2.45) is 0 Å². The Morgan fingerprint density at radius 1 is 1.17 bits per heavy atom. The third kappa shape index (κ3) is 3.10. The van der Waals surface area contributed by atoms with Crippen LogP contribution < -0.4 is 5.32 Å². The first-order valence-corrected chi connectivity index (χ1v) is 7.23. The number of nitrogens with zero attached hydrogens (tertiary/aromatic N) is 1. The monoisotopic (exact) mass is 334 g/mol. The van der Waals surface area contributed by atoms with Crippen LogP contribution in [0.5, 0.6) is 0 Å². The molecule has 1 aromatic heterocycles. The predicted molar refractivity (Wildman–Crippen MR) is 81.1 cm³/mol. The molecule has 0 spiro atoms. The van der Waals surface area contributed by atoms with Crippen LogP contribution in [0.3, 0.4) is 0 Å². The molecule has 1 N–H and O–H groups in total. The molecular weight excluding hydrogens is 321 g/mol. The third-order valence-electron chi connectivity index (χ3n) is 3.54. The summed E-state index contributed by atoms with van der Waals surface area (Å²) in [6.07, 6.45) is 0.465. The quantitative estimate of drug-likeness (QED) is 0.743. The molecule has 0 fully saturated rings. The summed E-state index contributed by atoms with van der Waals surface area (Å²) < 4.78 is 45.0. The first kappa shape index (κ1) is 16.0. The van der Waals surface area contributed by atoms with Gasteiger partial charge in [-0.3, -0.25) is 4.79 Å². The minimum Gasteiger partial charge on any atom is -0.441 e. The smallest absolute Gasteiger partial charge is 0.254 e. The van der Waals surface area contributed by atoms with Gasteiger partial charge < -0.3 is 9.73 Å². The van der Waals surface area contributed by atoms with E-state index < -0.39 is 28.9 Å². The number of carbonyl (C=O) groups is 1. The van der Waals surface area contributed by atoms with Crippen molar-refractivity contribution >= 4 is 17.0 Å². The van der Waals surface area contributed by atoms with E-state index >= 15 is 0 Å². The SMILES string of the molecule is Cc1nc2ccc(CCNC(=O)c3ccc(F)c(F)c3F)cc2o1. The van der Waals surface area contributed by atoms with Crippen LogP contribution >= 0.6 is 0 Å². The number of amides is 1. The van der Waals surface area contributed by atoms with Gasteiger partial charge in [0.1, 0.15) is 5.52 Å². The maximum Gasteiger partial charge on any atom is 0.254 e. The predicted octanol–water partition coefficient (Wildman–Crippen LogP) is 3.53. The van der Waals surface area contributed by atoms with Gasteiger partial charge in [0.05, 0.1) is 5.56 Å². The second kappa shape index (κ2) is 6.35. The highest BCUT2D eigenvalue weighted by atomic mass is 19.2. The molecule has 2 aromatic carbocycles. The van der Waals surface area contributed by atoms with Gasteiger partial charge in [-0.1, -0.05) is 6.07 Å². The van der Waals surface area contributed by atoms with Crippen molar-refractivity contribution in [1.82, 2.24) is 10.3 Å². The Hall–Kier alpha value is -2.83. The zero-order valence-electron chi connectivity index (χ0n) is 12.7. The summed E-state index contributed by atoms with van der Waals surface area (Å²) in [4.78, 5) is 16.0. The lowest BCUT2D eigenvalue weighted by molar-refractivity contribution is 0.0949. The van der Waals surface area contributed by atoms with Crippen molar-refractivity contribution < 1.29 is 22.4 Å². The second-order valence-corrected chi connectivity index (χ2v) is 5.26. The number of fused-ring (bicyclic) bond motifs is 1. The van der Waals surface area contributed by atoms with E-state index in [-0.39, 0.29) is 6.54 Å². The molecule has 24 heavy (non-hydrogen) atoms. The average molecular weight is 334 g/mol. The first-order valence-electron chi connectivity index (χ1n) is 7.23. The van der Waals surface area contributed by atoms with E-state index in [1.807, 2.05) is 6.07 Å². The molecule has 0 saturated heterocycles. The van der Waals surface area contributed by atoms with Crippen LogP contribution in [-0.4, -0.2) is 17.4 Å². The molecular formula is C17H13F3N2O2. The fourth-order valence-electron chi connectivity index (χ4n) is 2.36. The van der Waals surface area contributed by atoms with Gasteiger partial charge in [-0.25, -0.2) is 18.2 Å². The molecule has 3 rings (SSSR count). The number of aryl methyl sites for hydroxylation is 1. The van der Waals surface area contributed by atoms with E-state index in [9.17, 15) is 18.0 Å². The fourth-order valence-corrected chi connectivity index (χ4v) is 2.36. The Kier molecular flexibility index (Phi) is 4.24. The van der Waals surface area contributed by atoms with Crippen LogP contribution in [0.4, 0.5) is 13.2 Å². The number of rotatable bonds is 4. The molecule has 1 amide bonds. The Morgan fingerprint density at radius 3 is 2.75 bits per heavy atom. The molecule has 0 bridgehead atoms. The Morgan fingerprint density at radius 2 is 1.96 bits per heavy atom. The number of carbonyl (C=O) groups excluding carboxylic acids is 1. The number of aromatic nitrogens is 1. The van der Waals surface area contributed by atoms with E-state index in [2.05, 4.69) is 10.3 Å². The molecule has 3 aromatic rings. The van der Waals surface area contributed by atoms with Crippen LogP contribution in [0.1, 0.15) is 21.8 Å². The standard InChI is InChI=1S/C17H13F3N2O2/c1-9-22-13-5-2-10(8-14(13)24-9)6-7-21-17(23)11-3-4-12(18)16(20)15(11)19/h2-5,8H,6-7H2,1H3,(H,21,23). The van der Waals surface area contributed by atoms with Gasteiger partial charge in [0.15, 0.2) is 28.9 Å². The van der Waals surface area contributed by atoms with Gasteiger partial charge >= 0.3 is 0 Å². The van der Waals surface area contributed by atoms with Gasteiger partial charge in [0.25, 0.3) is 5.91 Å². The number of nitrogens with one attached hydrogen (secondary N) is 1. The van der Waals surface area contributed by atoms with Crippen molar-refractivity contribution in [3.05, 3.63) is 64.8 Å². The van der Waals surface area contributed by atoms with E-state index in [1.165, 1.54) is 0 Å². The van der Waals surface area contributed by atoms with E-state index in [0.717, 1.165) is 17.1 Å². The van der Waals surface area contributed by atoms with E-state index in [1.54, 1.807) is 19.1 Å². The highest BCUT2D eigenvalue weighted by Gasteiger charge is 2.18. The molecule has 0 atom stereocenters. The van der Waals surface area contributed by atoms with Crippen molar-refractivity contribution in [3.63, 3.8) is 0 Å². The molecule has 0 aliphatic rings. The third-order valence-corrected chi connectivity index (χ3v) is 3.54. The van der Waals surface area contributed by atoms with E-state index in [4.69, 9.17) is 4.42 Å². The van der Waals surface area contributed by atoms with Crippen molar-refractivity contribution in [2.75, 3.05) is 6.54 Å².